The van der Waals surface area contributed by atoms with Crippen molar-refractivity contribution in [2.45, 2.75) is 44.2 Å². The van der Waals surface area contributed by atoms with Crippen molar-refractivity contribution in [2.75, 3.05) is 19.6 Å². The Morgan fingerprint density at radius 1 is 1.06 bits per heavy atom. The molecular formula is C20H20F6N4O. The van der Waals surface area contributed by atoms with Gasteiger partial charge in [-0.1, -0.05) is 18.2 Å². The molecule has 168 valence electrons. The molecule has 1 aromatic heterocycles. The number of benzene rings is 1. The summed E-state index contributed by atoms with van der Waals surface area (Å²) < 4.78 is 77.9. The monoisotopic (exact) mass is 446 g/mol. The highest BCUT2D eigenvalue weighted by Gasteiger charge is 2.38. The molecule has 0 atom stereocenters. The van der Waals surface area contributed by atoms with Crippen LogP contribution in [0.15, 0.2) is 24.3 Å². The van der Waals surface area contributed by atoms with E-state index in [2.05, 4.69) is 10.2 Å². The number of rotatable bonds is 3. The van der Waals surface area contributed by atoms with Crippen molar-refractivity contribution in [2.24, 2.45) is 0 Å². The van der Waals surface area contributed by atoms with E-state index >= 15 is 0 Å². The SMILES string of the molecule is O=C(c1n[nH]c2c1CN(CC(F)(F)F)C2)N1CCC(c2ccccc2C(F)(F)F)CC1. The van der Waals surface area contributed by atoms with Gasteiger partial charge in [-0.2, -0.15) is 31.4 Å². The van der Waals surface area contributed by atoms with E-state index in [0.29, 0.717) is 24.1 Å². The third-order valence-electron chi connectivity index (χ3n) is 5.81. The zero-order valence-corrected chi connectivity index (χ0v) is 16.4. The van der Waals surface area contributed by atoms with Crippen LogP contribution in [-0.4, -0.2) is 51.7 Å². The molecular weight excluding hydrogens is 426 g/mol. The van der Waals surface area contributed by atoms with Gasteiger partial charge in [0.2, 0.25) is 0 Å². The van der Waals surface area contributed by atoms with Crippen LogP contribution in [0.25, 0.3) is 0 Å². The molecule has 0 spiro atoms. The van der Waals surface area contributed by atoms with E-state index in [0.717, 1.165) is 6.07 Å². The largest absolute Gasteiger partial charge is 0.416 e. The van der Waals surface area contributed by atoms with Crippen molar-refractivity contribution in [3.63, 3.8) is 0 Å². The molecule has 1 aromatic carbocycles. The Kier molecular flexibility index (Phi) is 5.48. The Labute approximate surface area is 174 Å². The molecule has 5 nitrogen and oxygen atoms in total. The molecule has 0 aliphatic carbocycles. The smallest absolute Gasteiger partial charge is 0.337 e. The Morgan fingerprint density at radius 2 is 1.74 bits per heavy atom. The first-order valence-corrected chi connectivity index (χ1v) is 9.83. The number of H-pyrrole nitrogens is 1. The van der Waals surface area contributed by atoms with Crippen LogP contribution in [0.1, 0.15) is 51.6 Å². The van der Waals surface area contributed by atoms with E-state index in [9.17, 15) is 31.1 Å². The zero-order chi connectivity index (χ0) is 22.4. The third kappa shape index (κ3) is 4.56. The molecule has 0 bridgehead atoms. The zero-order valence-electron chi connectivity index (χ0n) is 16.4. The van der Waals surface area contributed by atoms with Gasteiger partial charge >= 0.3 is 12.4 Å². The number of piperidine rings is 1. The minimum Gasteiger partial charge on any atom is -0.337 e. The number of alkyl halides is 6. The van der Waals surface area contributed by atoms with Gasteiger partial charge in [0.25, 0.3) is 5.91 Å². The van der Waals surface area contributed by atoms with Crippen molar-refractivity contribution in [3.8, 4) is 0 Å². The van der Waals surface area contributed by atoms with Gasteiger partial charge in [-0.05, 0) is 30.4 Å². The molecule has 3 heterocycles. The van der Waals surface area contributed by atoms with Crippen molar-refractivity contribution >= 4 is 5.91 Å². The summed E-state index contributed by atoms with van der Waals surface area (Å²) in [6.45, 7) is -0.562. The number of hydrogen-bond donors (Lipinski definition) is 1. The van der Waals surface area contributed by atoms with E-state index in [-0.39, 0.29) is 43.4 Å². The van der Waals surface area contributed by atoms with Crippen LogP contribution in [0.4, 0.5) is 26.3 Å². The Hall–Kier alpha value is -2.56. The molecule has 2 aliphatic rings. The van der Waals surface area contributed by atoms with Crippen LogP contribution in [-0.2, 0) is 19.3 Å². The summed E-state index contributed by atoms with van der Waals surface area (Å²) in [7, 11) is 0. The van der Waals surface area contributed by atoms with Gasteiger partial charge in [0, 0.05) is 31.7 Å². The molecule has 31 heavy (non-hydrogen) atoms. The number of fused-ring (bicyclic) bond motifs is 1. The molecule has 1 saturated heterocycles. The predicted molar refractivity (Wildman–Crippen MR) is 98.1 cm³/mol. The third-order valence-corrected chi connectivity index (χ3v) is 5.81. The number of carbonyl (C=O) groups excluding carboxylic acids is 1. The van der Waals surface area contributed by atoms with Gasteiger partial charge in [0.05, 0.1) is 17.8 Å². The number of nitrogens with one attached hydrogen (secondary N) is 1. The van der Waals surface area contributed by atoms with Crippen molar-refractivity contribution in [1.29, 1.82) is 0 Å². The molecule has 1 N–H and O–H groups in total. The van der Waals surface area contributed by atoms with E-state index in [1.165, 1.54) is 21.9 Å². The number of nitrogens with zero attached hydrogens (tertiary/aromatic N) is 3. The molecule has 1 fully saturated rings. The topological polar surface area (TPSA) is 52.2 Å². The van der Waals surface area contributed by atoms with Gasteiger partial charge in [0.1, 0.15) is 0 Å². The molecule has 0 unspecified atom stereocenters. The van der Waals surface area contributed by atoms with Gasteiger partial charge in [-0.25, -0.2) is 0 Å². The highest BCUT2D eigenvalue weighted by atomic mass is 19.4. The van der Waals surface area contributed by atoms with Crippen LogP contribution >= 0.6 is 0 Å². The Bertz CT molecular complexity index is 959. The summed E-state index contributed by atoms with van der Waals surface area (Å²) in [4.78, 5) is 15.6. The first-order valence-electron chi connectivity index (χ1n) is 9.83. The number of likely N-dealkylation sites (tertiary alicyclic amines) is 1. The van der Waals surface area contributed by atoms with Crippen LogP contribution in [0.5, 0.6) is 0 Å². The quantitative estimate of drug-likeness (QED) is 0.715. The van der Waals surface area contributed by atoms with Crippen LogP contribution < -0.4 is 0 Å². The fourth-order valence-corrected chi connectivity index (χ4v) is 4.40. The molecule has 4 rings (SSSR count). The highest BCUT2D eigenvalue weighted by molar-refractivity contribution is 5.94. The van der Waals surface area contributed by atoms with Crippen LogP contribution in [0.2, 0.25) is 0 Å². The maximum Gasteiger partial charge on any atom is 0.416 e. The van der Waals surface area contributed by atoms with Gasteiger partial charge < -0.3 is 4.90 Å². The fraction of sp³-hybridized carbons (Fsp3) is 0.500. The van der Waals surface area contributed by atoms with Gasteiger partial charge in [0.15, 0.2) is 5.69 Å². The minimum atomic E-state index is -4.44. The first kappa shape index (κ1) is 21.7. The molecule has 0 radical (unpaired) electrons. The lowest BCUT2D eigenvalue weighted by Crippen LogP contribution is -2.39. The molecule has 1 amide bonds. The summed E-state index contributed by atoms with van der Waals surface area (Å²) >= 11 is 0. The Morgan fingerprint density at radius 3 is 2.39 bits per heavy atom. The van der Waals surface area contributed by atoms with E-state index < -0.39 is 30.4 Å². The van der Waals surface area contributed by atoms with Gasteiger partial charge in [-0.15, -0.1) is 0 Å². The lowest BCUT2D eigenvalue weighted by molar-refractivity contribution is -0.147. The molecule has 11 heteroatoms. The van der Waals surface area contributed by atoms with Crippen LogP contribution in [0, 0.1) is 0 Å². The number of halogens is 6. The van der Waals surface area contributed by atoms with E-state index in [1.54, 1.807) is 6.07 Å². The van der Waals surface area contributed by atoms with Crippen molar-refractivity contribution in [3.05, 3.63) is 52.3 Å². The summed E-state index contributed by atoms with van der Waals surface area (Å²) in [5.41, 5.74) is 0.606. The summed E-state index contributed by atoms with van der Waals surface area (Å²) in [6, 6.07) is 5.46. The first-order chi connectivity index (χ1) is 14.5. The number of amides is 1. The molecule has 2 aliphatic heterocycles. The average Bonchev–Trinajstić information content (AvgIpc) is 3.25. The highest BCUT2D eigenvalue weighted by Crippen LogP contribution is 2.39. The summed E-state index contributed by atoms with van der Waals surface area (Å²) in [5, 5.41) is 6.64. The van der Waals surface area contributed by atoms with Gasteiger partial charge in [-0.3, -0.25) is 14.8 Å². The summed E-state index contributed by atoms with van der Waals surface area (Å²) in [6.07, 6.45) is -8.05. The second kappa shape index (κ2) is 7.85. The number of aromatic nitrogens is 2. The van der Waals surface area contributed by atoms with E-state index in [1.807, 2.05) is 0 Å². The maximum absolute atomic E-state index is 13.3. The second-order valence-electron chi connectivity index (χ2n) is 7.94. The standard InChI is InChI=1S/C20H20F6N4O/c21-19(22,23)11-29-9-14-16(10-29)27-28-17(14)18(31)30-7-5-12(6-8-30)13-3-1-2-4-15(13)20(24,25)26/h1-4,12H,5-11H2,(H,27,28). The Balaban J connectivity index is 1.42. The van der Waals surface area contributed by atoms with Crippen LogP contribution in [0.3, 0.4) is 0 Å². The lowest BCUT2D eigenvalue weighted by Gasteiger charge is -2.33. The predicted octanol–water partition coefficient (Wildman–Crippen LogP) is 4.33. The minimum absolute atomic E-state index is 0.0260. The molecule has 0 saturated carbocycles. The van der Waals surface area contributed by atoms with Crippen molar-refractivity contribution in [1.82, 2.24) is 20.0 Å². The molecule has 2 aromatic rings. The van der Waals surface area contributed by atoms with E-state index in [4.69, 9.17) is 0 Å². The number of carbonyl (C=O) groups is 1. The van der Waals surface area contributed by atoms with Crippen molar-refractivity contribution < 1.29 is 31.1 Å². The number of aromatic amines is 1. The maximum atomic E-state index is 13.3. The lowest BCUT2D eigenvalue weighted by atomic mass is 9.86. The normalized spacial score (nSPS) is 18.5. The number of hydrogen-bond acceptors (Lipinski definition) is 3. The fourth-order valence-electron chi connectivity index (χ4n) is 4.40. The second-order valence-corrected chi connectivity index (χ2v) is 7.94. The average molecular weight is 446 g/mol. The summed E-state index contributed by atoms with van der Waals surface area (Å²) in [5.74, 6) is -0.733.